The molecule has 84 valence electrons. The molecule has 0 aromatic rings. The fourth-order valence-corrected chi connectivity index (χ4v) is 1.68. The standard InChI is InChI=1S/C11H24N2O/c1-7(2)6-9(5)13-10(8(3)4)11(12)14/h7-10,13H,6H2,1-5H3,(H2,12,14). The third kappa shape index (κ3) is 5.22. The molecule has 0 aromatic carbocycles. The molecule has 3 nitrogen and oxygen atoms in total. The van der Waals surface area contributed by atoms with Gasteiger partial charge in [0.2, 0.25) is 5.91 Å². The van der Waals surface area contributed by atoms with E-state index >= 15 is 0 Å². The number of hydrogen-bond donors (Lipinski definition) is 2. The maximum absolute atomic E-state index is 11.1. The van der Waals surface area contributed by atoms with Crippen molar-refractivity contribution in [3.05, 3.63) is 0 Å². The number of nitrogens with two attached hydrogens (primary N) is 1. The lowest BCUT2D eigenvalue weighted by atomic mass is 10.00. The van der Waals surface area contributed by atoms with Crippen LogP contribution in [0.1, 0.15) is 41.0 Å². The first kappa shape index (κ1) is 13.4. The summed E-state index contributed by atoms with van der Waals surface area (Å²) in [6.45, 7) is 10.5. The Bertz CT molecular complexity index is 178. The summed E-state index contributed by atoms with van der Waals surface area (Å²) in [7, 11) is 0. The molecule has 0 aliphatic rings. The van der Waals surface area contributed by atoms with E-state index in [1.807, 2.05) is 13.8 Å². The molecule has 3 heteroatoms. The summed E-state index contributed by atoms with van der Waals surface area (Å²) >= 11 is 0. The molecule has 1 amide bonds. The molecule has 14 heavy (non-hydrogen) atoms. The van der Waals surface area contributed by atoms with Crippen molar-refractivity contribution >= 4 is 5.91 Å². The third-order valence-electron chi connectivity index (χ3n) is 2.26. The largest absolute Gasteiger partial charge is 0.368 e. The second-order valence-corrected chi connectivity index (χ2v) is 4.82. The molecule has 2 atom stereocenters. The second-order valence-electron chi connectivity index (χ2n) is 4.82. The second kappa shape index (κ2) is 6.02. The number of rotatable bonds is 6. The minimum absolute atomic E-state index is 0.205. The molecule has 0 aliphatic heterocycles. The van der Waals surface area contributed by atoms with Crippen LogP contribution in [0.2, 0.25) is 0 Å². The van der Waals surface area contributed by atoms with Crippen LogP contribution >= 0.6 is 0 Å². The summed E-state index contributed by atoms with van der Waals surface area (Å²) in [5, 5.41) is 3.27. The first-order valence-electron chi connectivity index (χ1n) is 5.40. The monoisotopic (exact) mass is 200 g/mol. The molecule has 0 rings (SSSR count). The van der Waals surface area contributed by atoms with Crippen molar-refractivity contribution in [3.8, 4) is 0 Å². The molecule has 0 saturated carbocycles. The quantitative estimate of drug-likeness (QED) is 0.683. The third-order valence-corrected chi connectivity index (χ3v) is 2.26. The van der Waals surface area contributed by atoms with Crippen molar-refractivity contribution in [1.29, 1.82) is 0 Å². The molecule has 3 N–H and O–H groups in total. The molecule has 0 spiro atoms. The van der Waals surface area contributed by atoms with Crippen molar-refractivity contribution < 1.29 is 4.79 Å². The van der Waals surface area contributed by atoms with E-state index in [9.17, 15) is 4.79 Å². The van der Waals surface area contributed by atoms with Crippen molar-refractivity contribution in [2.75, 3.05) is 0 Å². The van der Waals surface area contributed by atoms with Crippen molar-refractivity contribution in [3.63, 3.8) is 0 Å². The number of nitrogens with one attached hydrogen (secondary N) is 1. The fraction of sp³-hybridized carbons (Fsp3) is 0.909. The highest BCUT2D eigenvalue weighted by Crippen LogP contribution is 2.08. The number of carbonyl (C=O) groups is 1. The lowest BCUT2D eigenvalue weighted by Gasteiger charge is -2.24. The number of hydrogen-bond acceptors (Lipinski definition) is 2. The Labute approximate surface area is 87.4 Å². The Morgan fingerprint density at radius 2 is 1.71 bits per heavy atom. The minimum atomic E-state index is -0.254. The fourth-order valence-electron chi connectivity index (χ4n) is 1.68. The highest BCUT2D eigenvalue weighted by atomic mass is 16.1. The van der Waals surface area contributed by atoms with Crippen LogP contribution in [0, 0.1) is 11.8 Å². The van der Waals surface area contributed by atoms with E-state index in [0.29, 0.717) is 12.0 Å². The molecule has 0 fully saturated rings. The SMILES string of the molecule is CC(C)CC(C)NC(C(N)=O)C(C)C. The molecule has 0 aromatic heterocycles. The van der Waals surface area contributed by atoms with Crippen LogP contribution in [0.3, 0.4) is 0 Å². The summed E-state index contributed by atoms with van der Waals surface area (Å²) < 4.78 is 0. The molecule has 0 heterocycles. The van der Waals surface area contributed by atoms with Gasteiger partial charge in [0.15, 0.2) is 0 Å². The van der Waals surface area contributed by atoms with E-state index < -0.39 is 0 Å². The lowest BCUT2D eigenvalue weighted by molar-refractivity contribution is -0.121. The molecule has 2 unspecified atom stereocenters. The average molecular weight is 200 g/mol. The highest BCUT2D eigenvalue weighted by molar-refractivity contribution is 5.80. The van der Waals surface area contributed by atoms with Crippen molar-refractivity contribution in [2.24, 2.45) is 17.6 Å². The topological polar surface area (TPSA) is 55.1 Å². The van der Waals surface area contributed by atoms with E-state index in [4.69, 9.17) is 5.73 Å². The Kier molecular flexibility index (Phi) is 5.77. The van der Waals surface area contributed by atoms with Gasteiger partial charge < -0.3 is 11.1 Å². The Morgan fingerprint density at radius 1 is 1.21 bits per heavy atom. The average Bonchev–Trinajstić information content (AvgIpc) is 1.97. The van der Waals surface area contributed by atoms with Gasteiger partial charge in [-0.1, -0.05) is 27.7 Å². The first-order chi connectivity index (χ1) is 6.34. The summed E-state index contributed by atoms with van der Waals surface area (Å²) in [6, 6.07) is 0.138. The molecule has 0 saturated heterocycles. The molecular weight excluding hydrogens is 176 g/mol. The van der Waals surface area contributed by atoms with Crippen molar-refractivity contribution in [2.45, 2.75) is 53.1 Å². The van der Waals surface area contributed by atoms with Crippen LogP contribution in [0.5, 0.6) is 0 Å². The molecular formula is C11H24N2O. The van der Waals surface area contributed by atoms with Gasteiger partial charge in [0.25, 0.3) is 0 Å². The number of amides is 1. The smallest absolute Gasteiger partial charge is 0.234 e. The Hall–Kier alpha value is -0.570. The first-order valence-corrected chi connectivity index (χ1v) is 5.40. The van der Waals surface area contributed by atoms with Gasteiger partial charge >= 0.3 is 0 Å². The molecule has 0 aliphatic carbocycles. The van der Waals surface area contributed by atoms with E-state index in [1.165, 1.54) is 0 Å². The van der Waals surface area contributed by atoms with Gasteiger partial charge in [-0.05, 0) is 25.2 Å². The van der Waals surface area contributed by atoms with Gasteiger partial charge in [0.1, 0.15) is 0 Å². The van der Waals surface area contributed by atoms with Crippen LogP contribution in [0.4, 0.5) is 0 Å². The lowest BCUT2D eigenvalue weighted by Crippen LogP contribution is -2.48. The predicted octanol–water partition coefficient (Wildman–Crippen LogP) is 1.52. The zero-order valence-corrected chi connectivity index (χ0v) is 10.0. The van der Waals surface area contributed by atoms with Crippen LogP contribution < -0.4 is 11.1 Å². The van der Waals surface area contributed by atoms with Gasteiger partial charge in [-0.3, -0.25) is 4.79 Å². The van der Waals surface area contributed by atoms with Crippen molar-refractivity contribution in [1.82, 2.24) is 5.32 Å². The summed E-state index contributed by atoms with van der Waals surface area (Å²) in [4.78, 5) is 11.1. The van der Waals surface area contributed by atoms with Gasteiger partial charge in [0.05, 0.1) is 6.04 Å². The van der Waals surface area contributed by atoms with Gasteiger partial charge in [-0.15, -0.1) is 0 Å². The van der Waals surface area contributed by atoms with E-state index in [0.717, 1.165) is 6.42 Å². The predicted molar refractivity (Wildman–Crippen MR) is 59.9 cm³/mol. The molecule has 0 bridgehead atoms. The zero-order valence-electron chi connectivity index (χ0n) is 10.0. The van der Waals surface area contributed by atoms with Gasteiger partial charge in [-0.2, -0.15) is 0 Å². The van der Waals surface area contributed by atoms with Crippen LogP contribution in [0.15, 0.2) is 0 Å². The summed E-state index contributed by atoms with van der Waals surface area (Å²) in [6.07, 6.45) is 1.07. The van der Waals surface area contributed by atoms with E-state index in [-0.39, 0.29) is 17.9 Å². The van der Waals surface area contributed by atoms with Gasteiger partial charge in [0, 0.05) is 6.04 Å². The van der Waals surface area contributed by atoms with Gasteiger partial charge in [-0.25, -0.2) is 0 Å². The zero-order chi connectivity index (χ0) is 11.3. The Morgan fingerprint density at radius 3 is 2.00 bits per heavy atom. The summed E-state index contributed by atoms with van der Waals surface area (Å²) in [5.41, 5.74) is 5.32. The summed E-state index contributed by atoms with van der Waals surface area (Å²) in [5.74, 6) is 0.635. The molecule has 0 radical (unpaired) electrons. The number of primary amides is 1. The normalized spacial score (nSPS) is 15.9. The minimum Gasteiger partial charge on any atom is -0.368 e. The van der Waals surface area contributed by atoms with Crippen LogP contribution in [0.25, 0.3) is 0 Å². The van der Waals surface area contributed by atoms with Crippen LogP contribution in [-0.4, -0.2) is 18.0 Å². The maximum Gasteiger partial charge on any atom is 0.234 e. The maximum atomic E-state index is 11.1. The van der Waals surface area contributed by atoms with Crippen LogP contribution in [-0.2, 0) is 4.79 Å². The van der Waals surface area contributed by atoms with E-state index in [1.54, 1.807) is 0 Å². The number of carbonyl (C=O) groups excluding carboxylic acids is 1. The Balaban J connectivity index is 4.10. The van der Waals surface area contributed by atoms with E-state index in [2.05, 4.69) is 26.1 Å². The highest BCUT2D eigenvalue weighted by Gasteiger charge is 2.21.